The number of benzene rings is 1. The zero-order valence-electron chi connectivity index (χ0n) is 12.1. The molecular weight excluding hydrogens is 371 g/mol. The summed E-state index contributed by atoms with van der Waals surface area (Å²) in [4.78, 5) is 11.8. The Morgan fingerprint density at radius 3 is 2.54 bits per heavy atom. The molecule has 11 heteroatoms. The van der Waals surface area contributed by atoms with Crippen LogP contribution < -0.4 is 5.32 Å². The van der Waals surface area contributed by atoms with Crippen molar-refractivity contribution in [2.45, 2.75) is 17.6 Å². The maximum atomic E-state index is 12.4. The summed E-state index contributed by atoms with van der Waals surface area (Å²) in [6.07, 6.45) is -2.60. The Kier molecular flexibility index (Phi) is 4.90. The first-order valence-electron chi connectivity index (χ1n) is 6.37. The quantitative estimate of drug-likeness (QED) is 0.882. The third kappa shape index (κ3) is 4.48. The number of amides is 1. The number of alkyl halides is 3. The molecule has 6 nitrogen and oxygen atoms in total. The Morgan fingerprint density at radius 1 is 1.33 bits per heavy atom. The van der Waals surface area contributed by atoms with E-state index < -0.39 is 34.2 Å². The van der Waals surface area contributed by atoms with Gasteiger partial charge in [-0.3, -0.25) is 9.48 Å². The highest BCUT2D eigenvalue weighted by Crippen LogP contribution is 2.27. The number of nitrogens with zero attached hydrogens (tertiary/aromatic N) is 2. The number of anilines is 1. The van der Waals surface area contributed by atoms with Crippen LogP contribution in [-0.2, 0) is 27.4 Å². The number of carbonyl (C=O) groups excluding carboxylic acids is 1. The molecule has 0 aliphatic heterocycles. The van der Waals surface area contributed by atoms with Gasteiger partial charge in [-0.2, -0.15) is 18.3 Å². The average molecular weight is 382 g/mol. The molecule has 0 bridgehead atoms. The molecule has 130 valence electrons. The fourth-order valence-corrected chi connectivity index (χ4v) is 2.58. The van der Waals surface area contributed by atoms with Crippen LogP contribution >= 0.6 is 11.6 Å². The molecule has 0 radical (unpaired) electrons. The van der Waals surface area contributed by atoms with Crippen LogP contribution in [0.4, 0.5) is 18.9 Å². The highest BCUT2D eigenvalue weighted by Gasteiger charge is 2.33. The summed E-state index contributed by atoms with van der Waals surface area (Å²) in [6, 6.07) is 4.48. The van der Waals surface area contributed by atoms with Crippen molar-refractivity contribution in [2.24, 2.45) is 0 Å². The first kappa shape index (κ1) is 18.3. The Balaban J connectivity index is 2.14. The number of hydrogen-bond acceptors (Lipinski definition) is 4. The Hall–Kier alpha value is -2.07. The maximum Gasteiger partial charge on any atom is 0.435 e. The van der Waals surface area contributed by atoms with Crippen LogP contribution in [0, 0.1) is 0 Å². The summed E-state index contributed by atoms with van der Waals surface area (Å²) in [7, 11) is -3.50. The van der Waals surface area contributed by atoms with Crippen molar-refractivity contribution >= 4 is 33.0 Å². The topological polar surface area (TPSA) is 81.1 Å². The van der Waals surface area contributed by atoms with Crippen molar-refractivity contribution in [3.05, 3.63) is 41.2 Å². The normalized spacial score (nSPS) is 12.2. The number of halogens is 4. The number of carbonyl (C=O) groups is 1. The standard InChI is InChI=1S/C13H11ClF3N3O3S/c1-24(22,23)8-2-3-9(14)10(6-8)18-12(21)7-20-5-4-11(19-20)13(15,16)17/h2-6H,7H2,1H3,(H,18,21). The van der Waals surface area contributed by atoms with Gasteiger partial charge in [0.05, 0.1) is 15.6 Å². The molecule has 2 rings (SSSR count). The molecule has 0 fully saturated rings. The predicted octanol–water partition coefficient (Wildman–Crippen LogP) is 2.60. The second kappa shape index (κ2) is 6.44. The van der Waals surface area contributed by atoms with Crippen LogP contribution in [0.25, 0.3) is 0 Å². The first-order chi connectivity index (χ1) is 11.0. The fraction of sp³-hybridized carbons (Fsp3) is 0.231. The lowest BCUT2D eigenvalue weighted by molar-refractivity contribution is -0.141. The smallest absolute Gasteiger partial charge is 0.323 e. The molecule has 0 spiro atoms. The summed E-state index contributed by atoms with van der Waals surface area (Å²) >= 11 is 5.88. The number of hydrogen-bond donors (Lipinski definition) is 1. The van der Waals surface area contributed by atoms with Crippen molar-refractivity contribution in [1.82, 2.24) is 9.78 Å². The van der Waals surface area contributed by atoms with Gasteiger partial charge in [0.2, 0.25) is 5.91 Å². The van der Waals surface area contributed by atoms with Crippen molar-refractivity contribution in [3.63, 3.8) is 0 Å². The van der Waals surface area contributed by atoms with E-state index in [2.05, 4.69) is 10.4 Å². The van der Waals surface area contributed by atoms with Crippen LogP contribution in [0.1, 0.15) is 5.69 Å². The van der Waals surface area contributed by atoms with E-state index in [-0.39, 0.29) is 15.6 Å². The molecule has 1 aromatic carbocycles. The van der Waals surface area contributed by atoms with E-state index in [0.717, 1.165) is 23.2 Å². The Morgan fingerprint density at radius 2 is 2.00 bits per heavy atom. The fourth-order valence-electron chi connectivity index (χ4n) is 1.77. The molecular formula is C13H11ClF3N3O3S. The molecule has 1 aromatic heterocycles. The lowest BCUT2D eigenvalue weighted by atomic mass is 10.3. The predicted molar refractivity (Wildman–Crippen MR) is 80.4 cm³/mol. The first-order valence-corrected chi connectivity index (χ1v) is 8.64. The molecule has 0 aliphatic carbocycles. The van der Waals surface area contributed by atoms with E-state index in [1.165, 1.54) is 18.2 Å². The molecule has 1 amide bonds. The lowest BCUT2D eigenvalue weighted by Gasteiger charge is -2.09. The highest BCUT2D eigenvalue weighted by atomic mass is 35.5. The second-order valence-electron chi connectivity index (χ2n) is 4.86. The molecule has 0 unspecified atom stereocenters. The van der Waals surface area contributed by atoms with E-state index in [1.807, 2.05) is 0 Å². The van der Waals surface area contributed by atoms with Crippen LogP contribution in [0.5, 0.6) is 0 Å². The minimum atomic E-state index is -4.60. The number of rotatable bonds is 4. The molecule has 0 aliphatic rings. The third-order valence-corrected chi connectivity index (χ3v) is 4.32. The lowest BCUT2D eigenvalue weighted by Crippen LogP contribution is -2.20. The molecule has 1 N–H and O–H groups in total. The SMILES string of the molecule is CS(=O)(=O)c1ccc(Cl)c(NC(=O)Cn2ccc(C(F)(F)F)n2)c1. The van der Waals surface area contributed by atoms with Gasteiger partial charge in [-0.25, -0.2) is 8.42 Å². The number of nitrogens with one attached hydrogen (secondary N) is 1. The van der Waals surface area contributed by atoms with Crippen molar-refractivity contribution in [3.8, 4) is 0 Å². The number of sulfone groups is 1. The van der Waals surface area contributed by atoms with Crippen LogP contribution in [0.3, 0.4) is 0 Å². The molecule has 24 heavy (non-hydrogen) atoms. The molecule has 0 saturated heterocycles. The summed E-state index contributed by atoms with van der Waals surface area (Å²) in [5, 5.41) is 5.68. The maximum absolute atomic E-state index is 12.4. The van der Waals surface area contributed by atoms with Gasteiger partial charge in [-0.15, -0.1) is 0 Å². The van der Waals surface area contributed by atoms with Crippen LogP contribution in [-0.4, -0.2) is 30.4 Å². The molecule has 0 atom stereocenters. The number of aromatic nitrogens is 2. The molecule has 2 aromatic rings. The van der Waals surface area contributed by atoms with Gasteiger partial charge < -0.3 is 5.32 Å². The molecule has 0 saturated carbocycles. The minimum Gasteiger partial charge on any atom is -0.323 e. The van der Waals surface area contributed by atoms with Crippen LogP contribution in [0.2, 0.25) is 5.02 Å². The Labute approximate surface area is 140 Å². The largest absolute Gasteiger partial charge is 0.435 e. The van der Waals surface area contributed by atoms with E-state index in [9.17, 15) is 26.4 Å². The van der Waals surface area contributed by atoms with Gasteiger partial charge in [0, 0.05) is 12.5 Å². The minimum absolute atomic E-state index is 0.0350. The van der Waals surface area contributed by atoms with Gasteiger partial charge in [-0.05, 0) is 24.3 Å². The van der Waals surface area contributed by atoms with Gasteiger partial charge in [-0.1, -0.05) is 11.6 Å². The second-order valence-corrected chi connectivity index (χ2v) is 7.28. The van der Waals surface area contributed by atoms with Gasteiger partial charge in [0.15, 0.2) is 15.5 Å². The van der Waals surface area contributed by atoms with Crippen molar-refractivity contribution in [2.75, 3.05) is 11.6 Å². The summed E-state index contributed by atoms with van der Waals surface area (Å²) < 4.78 is 61.1. The van der Waals surface area contributed by atoms with Gasteiger partial charge >= 0.3 is 6.18 Å². The van der Waals surface area contributed by atoms with E-state index in [1.54, 1.807) is 0 Å². The highest BCUT2D eigenvalue weighted by molar-refractivity contribution is 7.90. The zero-order chi connectivity index (χ0) is 18.1. The van der Waals surface area contributed by atoms with Crippen molar-refractivity contribution < 1.29 is 26.4 Å². The van der Waals surface area contributed by atoms with E-state index in [4.69, 9.17) is 11.6 Å². The average Bonchev–Trinajstić information content (AvgIpc) is 2.88. The summed E-state index contributed by atoms with van der Waals surface area (Å²) in [6.45, 7) is -0.491. The van der Waals surface area contributed by atoms with E-state index >= 15 is 0 Å². The Bertz CT molecular complexity index is 878. The summed E-state index contributed by atoms with van der Waals surface area (Å²) in [5.41, 5.74) is -1.08. The molecule has 1 heterocycles. The summed E-state index contributed by atoms with van der Waals surface area (Å²) in [5.74, 6) is -0.709. The zero-order valence-corrected chi connectivity index (χ0v) is 13.7. The van der Waals surface area contributed by atoms with Gasteiger partial charge in [0.1, 0.15) is 6.54 Å². The third-order valence-electron chi connectivity index (χ3n) is 2.88. The monoisotopic (exact) mass is 381 g/mol. The van der Waals surface area contributed by atoms with Crippen LogP contribution in [0.15, 0.2) is 35.4 Å². The van der Waals surface area contributed by atoms with E-state index in [0.29, 0.717) is 0 Å². The van der Waals surface area contributed by atoms with Gasteiger partial charge in [0.25, 0.3) is 0 Å². The van der Waals surface area contributed by atoms with Crippen molar-refractivity contribution in [1.29, 1.82) is 0 Å².